The van der Waals surface area contributed by atoms with Gasteiger partial charge >= 0.3 is 11.9 Å². The first kappa shape index (κ1) is 17.4. The van der Waals surface area contributed by atoms with Gasteiger partial charge in [-0.2, -0.15) is 0 Å². The van der Waals surface area contributed by atoms with E-state index in [0.29, 0.717) is 19.3 Å². The molecule has 0 aromatic heterocycles. The molecule has 0 aromatic rings. The zero-order chi connectivity index (χ0) is 15.9. The Balaban J connectivity index is 2.66. The summed E-state index contributed by atoms with van der Waals surface area (Å²) in [5.41, 5.74) is -0.510. The molecule has 0 unspecified atom stereocenters. The standard InChI is InChI=1S/C14H24N2O5/c1-3-14(6-8-15-9-7-14)13(20)16-10(12(18)19)4-5-11(17)21-2/h10,15H,3-9H2,1-2H3,(H,16,20)(H,18,19)/t10-/m1/s1. The Bertz CT molecular complexity index is 391. The van der Waals surface area contributed by atoms with Gasteiger partial charge in [0.2, 0.25) is 5.91 Å². The molecule has 0 aromatic carbocycles. The highest BCUT2D eigenvalue weighted by atomic mass is 16.5. The number of ether oxygens (including phenoxy) is 1. The maximum absolute atomic E-state index is 12.5. The predicted octanol–water partition coefficient (Wildman–Crippen LogP) is 0.289. The van der Waals surface area contributed by atoms with Gasteiger partial charge in [0.15, 0.2) is 0 Å². The van der Waals surface area contributed by atoms with Crippen LogP contribution in [0.4, 0.5) is 0 Å². The van der Waals surface area contributed by atoms with Crippen molar-refractivity contribution in [2.24, 2.45) is 5.41 Å². The van der Waals surface area contributed by atoms with E-state index in [0.717, 1.165) is 13.1 Å². The predicted molar refractivity (Wildman–Crippen MR) is 75.6 cm³/mol. The zero-order valence-corrected chi connectivity index (χ0v) is 12.6. The van der Waals surface area contributed by atoms with Crippen molar-refractivity contribution in [2.45, 2.75) is 45.1 Å². The number of esters is 1. The number of piperidine rings is 1. The lowest BCUT2D eigenvalue weighted by atomic mass is 9.75. The van der Waals surface area contributed by atoms with Crippen LogP contribution in [0, 0.1) is 5.41 Å². The number of carbonyl (C=O) groups is 3. The van der Waals surface area contributed by atoms with Gasteiger partial charge < -0.3 is 20.5 Å². The summed E-state index contributed by atoms with van der Waals surface area (Å²) >= 11 is 0. The largest absolute Gasteiger partial charge is 0.480 e. The van der Waals surface area contributed by atoms with Crippen molar-refractivity contribution in [1.29, 1.82) is 0 Å². The number of rotatable bonds is 7. The van der Waals surface area contributed by atoms with Gasteiger partial charge in [-0.1, -0.05) is 6.92 Å². The maximum Gasteiger partial charge on any atom is 0.326 e. The van der Waals surface area contributed by atoms with Crippen molar-refractivity contribution >= 4 is 17.8 Å². The molecular weight excluding hydrogens is 276 g/mol. The van der Waals surface area contributed by atoms with Gasteiger partial charge in [0.05, 0.1) is 12.5 Å². The van der Waals surface area contributed by atoms with Crippen molar-refractivity contribution in [1.82, 2.24) is 10.6 Å². The van der Waals surface area contributed by atoms with Crippen molar-refractivity contribution in [2.75, 3.05) is 20.2 Å². The molecule has 7 nitrogen and oxygen atoms in total. The van der Waals surface area contributed by atoms with Crippen LogP contribution in [0.15, 0.2) is 0 Å². The number of amides is 1. The SMILES string of the molecule is CCC1(C(=O)N[C@H](CCC(=O)OC)C(=O)O)CCNCC1. The molecule has 0 spiro atoms. The Morgan fingerprint density at radius 3 is 2.43 bits per heavy atom. The van der Waals surface area contributed by atoms with Gasteiger partial charge in [-0.25, -0.2) is 4.79 Å². The molecule has 120 valence electrons. The Morgan fingerprint density at radius 2 is 1.95 bits per heavy atom. The molecule has 0 radical (unpaired) electrons. The molecular formula is C14H24N2O5. The van der Waals surface area contributed by atoms with Gasteiger partial charge in [-0.15, -0.1) is 0 Å². The first-order chi connectivity index (χ1) is 9.95. The average molecular weight is 300 g/mol. The lowest BCUT2D eigenvalue weighted by Crippen LogP contribution is -2.52. The van der Waals surface area contributed by atoms with E-state index in [1.807, 2.05) is 6.92 Å². The molecule has 7 heteroatoms. The molecule has 1 aliphatic heterocycles. The molecule has 1 aliphatic rings. The van der Waals surface area contributed by atoms with Crippen LogP contribution in [0.1, 0.15) is 39.0 Å². The van der Waals surface area contributed by atoms with Crippen LogP contribution in [-0.4, -0.2) is 49.2 Å². The maximum atomic E-state index is 12.5. The van der Waals surface area contributed by atoms with Crippen LogP contribution >= 0.6 is 0 Å². The molecule has 1 saturated heterocycles. The second-order valence-corrected chi connectivity index (χ2v) is 5.36. The number of carbonyl (C=O) groups excluding carboxylic acids is 2. The van der Waals surface area contributed by atoms with Crippen molar-refractivity contribution in [3.05, 3.63) is 0 Å². The first-order valence-corrected chi connectivity index (χ1v) is 7.26. The lowest BCUT2D eigenvalue weighted by Gasteiger charge is -2.36. The minimum Gasteiger partial charge on any atom is -0.480 e. The Labute approximate surface area is 124 Å². The molecule has 1 heterocycles. The average Bonchev–Trinajstić information content (AvgIpc) is 2.50. The van der Waals surface area contributed by atoms with Crippen LogP contribution in [0.2, 0.25) is 0 Å². The second-order valence-electron chi connectivity index (χ2n) is 5.36. The summed E-state index contributed by atoms with van der Waals surface area (Å²) in [6, 6.07) is -1.06. The number of aliphatic carboxylic acids is 1. The minimum absolute atomic E-state index is 0.0333. The third kappa shape index (κ3) is 4.70. The molecule has 1 amide bonds. The van der Waals surface area contributed by atoms with Gasteiger partial charge in [-0.3, -0.25) is 9.59 Å². The van der Waals surface area contributed by atoms with E-state index in [-0.39, 0.29) is 18.7 Å². The highest BCUT2D eigenvalue weighted by molar-refractivity contribution is 5.87. The first-order valence-electron chi connectivity index (χ1n) is 7.26. The van der Waals surface area contributed by atoms with Crippen LogP contribution in [0.3, 0.4) is 0 Å². The fourth-order valence-corrected chi connectivity index (χ4v) is 2.58. The van der Waals surface area contributed by atoms with Gasteiger partial charge in [0.1, 0.15) is 6.04 Å². The molecule has 1 rings (SSSR count). The van der Waals surface area contributed by atoms with E-state index in [1.54, 1.807) is 0 Å². The summed E-state index contributed by atoms with van der Waals surface area (Å²) in [6.45, 7) is 3.44. The summed E-state index contributed by atoms with van der Waals surface area (Å²) in [5.74, 6) is -1.85. The number of carboxylic acids is 1. The van der Waals surface area contributed by atoms with Gasteiger partial charge in [-0.05, 0) is 38.8 Å². The minimum atomic E-state index is -1.13. The van der Waals surface area contributed by atoms with Gasteiger partial charge in [0.25, 0.3) is 0 Å². The smallest absolute Gasteiger partial charge is 0.326 e. The molecule has 0 saturated carbocycles. The Morgan fingerprint density at radius 1 is 1.33 bits per heavy atom. The van der Waals surface area contributed by atoms with Crippen LogP contribution in [-0.2, 0) is 19.1 Å². The molecule has 3 N–H and O–H groups in total. The number of carboxylic acid groups (broad SMARTS) is 1. The Hall–Kier alpha value is -1.63. The Kier molecular flexibility index (Phi) is 6.61. The molecule has 21 heavy (non-hydrogen) atoms. The fraction of sp³-hybridized carbons (Fsp3) is 0.786. The zero-order valence-electron chi connectivity index (χ0n) is 12.6. The number of hydrogen-bond acceptors (Lipinski definition) is 5. The number of nitrogens with one attached hydrogen (secondary N) is 2. The topological polar surface area (TPSA) is 105 Å². The number of hydrogen-bond donors (Lipinski definition) is 3. The van der Waals surface area contributed by atoms with E-state index in [2.05, 4.69) is 15.4 Å². The molecule has 1 atom stereocenters. The van der Waals surface area contributed by atoms with E-state index in [9.17, 15) is 19.5 Å². The van der Waals surface area contributed by atoms with Crippen LogP contribution in [0.25, 0.3) is 0 Å². The molecule has 0 aliphatic carbocycles. The van der Waals surface area contributed by atoms with E-state index in [4.69, 9.17) is 0 Å². The third-order valence-corrected chi connectivity index (χ3v) is 4.19. The molecule has 1 fully saturated rings. The summed E-state index contributed by atoms with van der Waals surface area (Å²) in [7, 11) is 1.25. The van der Waals surface area contributed by atoms with E-state index >= 15 is 0 Å². The normalized spacial score (nSPS) is 18.6. The molecule has 0 bridgehead atoms. The van der Waals surface area contributed by atoms with Crippen molar-refractivity contribution in [3.63, 3.8) is 0 Å². The summed E-state index contributed by atoms with van der Waals surface area (Å²) in [4.78, 5) is 34.8. The monoisotopic (exact) mass is 300 g/mol. The third-order valence-electron chi connectivity index (χ3n) is 4.19. The highest BCUT2D eigenvalue weighted by Gasteiger charge is 2.39. The summed E-state index contributed by atoms with van der Waals surface area (Å²) in [5, 5.41) is 15.0. The van der Waals surface area contributed by atoms with Crippen LogP contribution in [0.5, 0.6) is 0 Å². The van der Waals surface area contributed by atoms with E-state index < -0.39 is 23.4 Å². The fourth-order valence-electron chi connectivity index (χ4n) is 2.58. The van der Waals surface area contributed by atoms with Crippen molar-refractivity contribution in [3.8, 4) is 0 Å². The van der Waals surface area contributed by atoms with Gasteiger partial charge in [0, 0.05) is 6.42 Å². The number of methoxy groups -OCH3 is 1. The summed E-state index contributed by atoms with van der Waals surface area (Å²) in [6.07, 6.45) is 2.06. The van der Waals surface area contributed by atoms with E-state index in [1.165, 1.54) is 7.11 Å². The summed E-state index contributed by atoms with van der Waals surface area (Å²) < 4.78 is 4.49. The van der Waals surface area contributed by atoms with Crippen molar-refractivity contribution < 1.29 is 24.2 Å². The van der Waals surface area contributed by atoms with Crippen LogP contribution < -0.4 is 10.6 Å². The lowest BCUT2D eigenvalue weighted by molar-refractivity contribution is -0.146. The highest BCUT2D eigenvalue weighted by Crippen LogP contribution is 2.32. The second kappa shape index (κ2) is 7.97. The quantitative estimate of drug-likeness (QED) is 0.584.